The Morgan fingerprint density at radius 3 is 2.44 bits per heavy atom. The van der Waals surface area contributed by atoms with Gasteiger partial charge in [-0.1, -0.05) is 13.3 Å². The van der Waals surface area contributed by atoms with Gasteiger partial charge in [0.2, 0.25) is 0 Å². The molecule has 1 aliphatic heterocycles. The minimum atomic E-state index is 0. The minimum Gasteiger partial charge on any atom is -0.680 e. The van der Waals surface area contributed by atoms with Crippen LogP contribution in [0, 0.1) is 95.6 Å². The van der Waals surface area contributed by atoms with Gasteiger partial charge in [-0.15, -0.1) is 0 Å². The SMILES string of the molecule is CC1[C-]=N[C-]=CC1.[Ce].[Ce]. The number of aliphatic imine (C=N–C) groups is 1. The Morgan fingerprint density at radius 1 is 1.56 bits per heavy atom. The Hall–Kier alpha value is 2.16. The Bertz CT molecular complexity index is 110. The van der Waals surface area contributed by atoms with Gasteiger partial charge in [0.25, 0.3) is 0 Å². The number of allylic oxidation sites excluding steroid dienone is 1. The Kier molecular flexibility index (Phi) is 12.6. The number of nitrogens with zero attached hydrogens (tertiary/aromatic N) is 1. The predicted molar refractivity (Wildman–Crippen MR) is 29.0 cm³/mol. The maximum Gasteiger partial charge on any atom is 0 e. The molecular weight excluding hydrogens is 366 g/mol. The van der Waals surface area contributed by atoms with Crippen molar-refractivity contribution in [2.75, 3.05) is 0 Å². The van der Waals surface area contributed by atoms with Gasteiger partial charge in [-0.05, 0) is 0 Å². The van der Waals surface area contributed by atoms with Crippen LogP contribution in [-0.2, 0) is 0 Å². The molecule has 1 nitrogen and oxygen atoms in total. The Labute approximate surface area is 124 Å². The zero-order valence-corrected chi connectivity index (χ0v) is 11.6. The van der Waals surface area contributed by atoms with Crippen molar-refractivity contribution in [3.8, 4) is 0 Å². The summed E-state index contributed by atoms with van der Waals surface area (Å²) in [6.45, 7) is 2.08. The van der Waals surface area contributed by atoms with Crippen molar-refractivity contribution in [2.45, 2.75) is 13.3 Å². The van der Waals surface area contributed by atoms with Gasteiger partial charge < -0.3 is 17.4 Å². The van der Waals surface area contributed by atoms with E-state index in [1.165, 1.54) is 0 Å². The van der Waals surface area contributed by atoms with Gasteiger partial charge in [-0.25, -0.2) is 0 Å². The zero-order valence-electron chi connectivity index (χ0n) is 5.31. The van der Waals surface area contributed by atoms with Gasteiger partial charge in [-0.3, -0.25) is 6.08 Å². The van der Waals surface area contributed by atoms with Crippen molar-refractivity contribution in [1.29, 1.82) is 0 Å². The normalized spacial score (nSPS) is 22.1. The van der Waals surface area contributed by atoms with E-state index in [0.29, 0.717) is 5.92 Å². The van der Waals surface area contributed by atoms with Crippen LogP contribution in [-0.4, -0.2) is 6.21 Å². The smallest absolute Gasteiger partial charge is 0 e. The van der Waals surface area contributed by atoms with Crippen LogP contribution in [0.1, 0.15) is 13.3 Å². The third kappa shape index (κ3) is 6.56. The van der Waals surface area contributed by atoms with Crippen molar-refractivity contribution in [2.24, 2.45) is 10.9 Å². The number of hydrogen-bond donors (Lipinski definition) is 0. The second-order valence-electron chi connectivity index (χ2n) is 1.71. The van der Waals surface area contributed by atoms with E-state index in [1.54, 1.807) is 0 Å². The average molecular weight is 373 g/mol. The van der Waals surface area contributed by atoms with Crippen LogP contribution in [0.5, 0.6) is 0 Å². The molecule has 1 heterocycles. The summed E-state index contributed by atoms with van der Waals surface area (Å²) < 4.78 is 0. The van der Waals surface area contributed by atoms with Crippen LogP contribution in [0.2, 0.25) is 0 Å². The van der Waals surface area contributed by atoms with Crippen LogP contribution in [0.15, 0.2) is 11.1 Å². The van der Waals surface area contributed by atoms with Gasteiger partial charge in [0.15, 0.2) is 0 Å². The van der Waals surface area contributed by atoms with E-state index in [0.717, 1.165) is 6.42 Å². The van der Waals surface area contributed by atoms with Crippen molar-refractivity contribution in [1.82, 2.24) is 0 Å². The molecule has 1 rings (SSSR count). The average Bonchev–Trinajstić information content (AvgIpc) is 1.69. The molecule has 0 spiro atoms. The van der Waals surface area contributed by atoms with E-state index in [4.69, 9.17) is 0 Å². The summed E-state index contributed by atoms with van der Waals surface area (Å²) in [5, 5.41) is 0. The van der Waals surface area contributed by atoms with Gasteiger partial charge in [0.05, 0.1) is 0 Å². The van der Waals surface area contributed by atoms with Crippen molar-refractivity contribution in [3.63, 3.8) is 0 Å². The molecule has 0 saturated heterocycles. The van der Waals surface area contributed by atoms with E-state index in [9.17, 15) is 0 Å². The predicted octanol–water partition coefficient (Wildman–Crippen LogP) is 1.29. The van der Waals surface area contributed by atoms with Gasteiger partial charge in [0.1, 0.15) is 0 Å². The summed E-state index contributed by atoms with van der Waals surface area (Å²) in [6, 6.07) is 0. The Balaban J connectivity index is 0. The van der Waals surface area contributed by atoms with Crippen molar-refractivity contribution < 1.29 is 83.5 Å². The topological polar surface area (TPSA) is 12.4 Å². The van der Waals surface area contributed by atoms with Crippen molar-refractivity contribution in [3.05, 3.63) is 12.3 Å². The summed E-state index contributed by atoms with van der Waals surface area (Å²) in [6.07, 6.45) is 8.55. The minimum absolute atomic E-state index is 0. The summed E-state index contributed by atoms with van der Waals surface area (Å²) in [5.41, 5.74) is 0. The fourth-order valence-electron chi connectivity index (χ4n) is 0.475. The summed E-state index contributed by atoms with van der Waals surface area (Å²) in [5.74, 6) is 0.501. The molecule has 1 atom stereocenters. The largest absolute Gasteiger partial charge is 0.680 e. The first-order chi connectivity index (χ1) is 3.39. The fraction of sp³-hybridized carbons (Fsp3) is 0.500. The van der Waals surface area contributed by atoms with Crippen LogP contribution in [0.25, 0.3) is 0 Å². The van der Waals surface area contributed by atoms with E-state index in [2.05, 4.69) is 24.3 Å². The molecular formula is C6H7Ce2N-2. The third-order valence-electron chi connectivity index (χ3n) is 0.912. The van der Waals surface area contributed by atoms with E-state index in [-0.39, 0.29) is 83.5 Å². The number of hydrogen-bond acceptors (Lipinski definition) is 1. The van der Waals surface area contributed by atoms with E-state index < -0.39 is 0 Å². The first-order valence-corrected chi connectivity index (χ1v) is 2.42. The van der Waals surface area contributed by atoms with Crippen molar-refractivity contribution >= 4 is 6.21 Å². The summed E-state index contributed by atoms with van der Waals surface area (Å²) >= 11 is 0. The monoisotopic (exact) mass is 373 g/mol. The zero-order chi connectivity index (χ0) is 5.11. The molecule has 0 saturated carbocycles. The molecule has 0 aromatic carbocycles. The van der Waals surface area contributed by atoms with Gasteiger partial charge in [0, 0.05) is 83.5 Å². The molecule has 9 heavy (non-hydrogen) atoms. The second kappa shape index (κ2) is 8.26. The van der Waals surface area contributed by atoms with E-state index >= 15 is 0 Å². The third-order valence-corrected chi connectivity index (χ3v) is 0.912. The van der Waals surface area contributed by atoms with Crippen LogP contribution >= 0.6 is 0 Å². The molecule has 1 unspecified atom stereocenters. The van der Waals surface area contributed by atoms with Crippen LogP contribution in [0.3, 0.4) is 0 Å². The Morgan fingerprint density at radius 2 is 2.22 bits per heavy atom. The summed E-state index contributed by atoms with van der Waals surface area (Å²) in [7, 11) is 0. The maximum absolute atomic E-state index is 3.70. The molecule has 46 valence electrons. The standard InChI is InChI=1S/C6H7N.2Ce/c1-6-3-2-4-7-5-6;;/h2,6H,3H2,1H3;;/q-2;;. The fourth-order valence-corrected chi connectivity index (χ4v) is 0.475. The molecule has 0 aromatic rings. The molecule has 0 aliphatic carbocycles. The molecule has 0 fully saturated rings. The van der Waals surface area contributed by atoms with E-state index in [1.807, 2.05) is 6.08 Å². The molecule has 0 N–H and O–H groups in total. The maximum atomic E-state index is 3.70. The quantitative estimate of drug-likeness (QED) is 0.568. The van der Waals surface area contributed by atoms with Gasteiger partial charge in [-0.2, -0.15) is 5.92 Å². The first kappa shape index (κ1) is 13.7. The molecule has 0 aromatic heterocycles. The molecule has 0 bridgehead atoms. The molecule has 0 amide bonds. The molecule has 3 heteroatoms. The molecule has 1 aliphatic rings. The number of rotatable bonds is 0. The second-order valence-corrected chi connectivity index (χ2v) is 1.71. The first-order valence-electron chi connectivity index (χ1n) is 2.42. The van der Waals surface area contributed by atoms with Crippen LogP contribution < -0.4 is 0 Å². The molecule has 0 radical (unpaired) electrons. The summed E-state index contributed by atoms with van der Waals surface area (Å²) in [4.78, 5) is 3.70. The van der Waals surface area contributed by atoms with Gasteiger partial charge >= 0.3 is 0 Å². The van der Waals surface area contributed by atoms with Crippen LogP contribution in [0.4, 0.5) is 0 Å².